The number of para-hydroxylation sites is 2. The molecule has 0 spiro atoms. The molecule has 28 heavy (non-hydrogen) atoms. The maximum absolute atomic E-state index is 5.52. The van der Waals surface area contributed by atoms with E-state index in [-0.39, 0.29) is 0 Å². The van der Waals surface area contributed by atoms with Gasteiger partial charge in [-0.2, -0.15) is 5.10 Å². The first-order valence-electron chi connectivity index (χ1n) is 9.62. The average molecular weight is 398 g/mol. The van der Waals surface area contributed by atoms with Gasteiger partial charge in [-0.05, 0) is 23.6 Å². The maximum Gasteiger partial charge on any atom is 0.167 e. The molecule has 148 valence electrons. The van der Waals surface area contributed by atoms with Gasteiger partial charge in [0, 0.05) is 32.7 Å². The number of hydrazone groups is 1. The molecule has 0 bridgehead atoms. The van der Waals surface area contributed by atoms with Crippen LogP contribution >= 0.6 is 11.3 Å². The molecule has 0 aliphatic carbocycles. The van der Waals surface area contributed by atoms with E-state index in [1.807, 2.05) is 18.2 Å². The van der Waals surface area contributed by atoms with Crippen LogP contribution in [0.2, 0.25) is 0 Å². The summed E-state index contributed by atoms with van der Waals surface area (Å²) in [5.74, 6) is 2.00. The minimum atomic E-state index is 0.811. The van der Waals surface area contributed by atoms with Gasteiger partial charge in [0.25, 0.3) is 0 Å². The van der Waals surface area contributed by atoms with Gasteiger partial charge in [0.1, 0.15) is 12.4 Å². The van der Waals surface area contributed by atoms with Crippen LogP contribution in [0, 0.1) is 0 Å². The summed E-state index contributed by atoms with van der Waals surface area (Å²) in [6.45, 7) is 10.4. The van der Waals surface area contributed by atoms with Gasteiger partial charge in [0.2, 0.25) is 0 Å². The Balaban J connectivity index is 1.36. The molecule has 0 radical (unpaired) electrons. The molecule has 4 rings (SSSR count). The number of nitrogens with zero attached hydrogens (tertiary/aromatic N) is 5. The van der Waals surface area contributed by atoms with E-state index in [0.717, 1.165) is 57.6 Å². The van der Waals surface area contributed by atoms with Crippen molar-refractivity contribution in [3.8, 4) is 5.75 Å². The largest absolute Gasteiger partial charge is 0.495 e. The number of anilines is 1. The molecule has 2 aliphatic rings. The molecule has 1 saturated heterocycles. The summed E-state index contributed by atoms with van der Waals surface area (Å²) in [5, 5.41) is 9.16. The van der Waals surface area contributed by atoms with Crippen molar-refractivity contribution in [3.63, 3.8) is 0 Å². The molecule has 2 aliphatic heterocycles. The maximum atomic E-state index is 5.52. The quantitative estimate of drug-likeness (QED) is 0.671. The minimum Gasteiger partial charge on any atom is -0.495 e. The fourth-order valence-corrected chi connectivity index (χ4v) is 4.47. The van der Waals surface area contributed by atoms with E-state index in [2.05, 4.69) is 55.9 Å². The van der Waals surface area contributed by atoms with E-state index in [0.29, 0.717) is 0 Å². The molecule has 2 aromatic rings. The van der Waals surface area contributed by atoms with E-state index in [1.165, 1.54) is 10.6 Å². The van der Waals surface area contributed by atoms with E-state index in [1.54, 1.807) is 18.4 Å². The smallest absolute Gasteiger partial charge is 0.167 e. The van der Waals surface area contributed by atoms with Gasteiger partial charge in [-0.1, -0.05) is 24.3 Å². The number of benzene rings is 1. The van der Waals surface area contributed by atoms with E-state index >= 15 is 0 Å². The van der Waals surface area contributed by atoms with Gasteiger partial charge < -0.3 is 14.5 Å². The van der Waals surface area contributed by atoms with E-state index < -0.39 is 0 Å². The average Bonchev–Trinajstić information content (AvgIpc) is 3.39. The zero-order valence-corrected chi connectivity index (χ0v) is 17.1. The van der Waals surface area contributed by atoms with Crippen LogP contribution in [0.15, 0.2) is 59.5 Å². The van der Waals surface area contributed by atoms with Crippen molar-refractivity contribution in [2.75, 3.05) is 58.1 Å². The lowest BCUT2D eigenvalue weighted by atomic mass is 10.2. The zero-order valence-electron chi connectivity index (χ0n) is 16.3. The standard InChI is InChI=1S/C21H27N5OS/c1-3-10-25-17-26(22-21(25)20-9-6-15-28-20)16-23-11-13-24(14-12-23)18-7-4-5-8-19(18)27-2/h3-9,15H,1,10-14,16-17H2,2H3. The number of ether oxygens (including phenoxy) is 1. The molecule has 0 N–H and O–H groups in total. The Morgan fingerprint density at radius 2 is 1.96 bits per heavy atom. The third-order valence-electron chi connectivity index (χ3n) is 5.12. The first-order chi connectivity index (χ1) is 13.8. The van der Waals surface area contributed by atoms with Crippen LogP contribution in [0.4, 0.5) is 5.69 Å². The highest BCUT2D eigenvalue weighted by Crippen LogP contribution is 2.28. The Hall–Kier alpha value is -2.51. The molecule has 1 fully saturated rings. The number of piperazine rings is 1. The molecule has 7 heteroatoms. The number of methoxy groups -OCH3 is 1. The molecule has 6 nitrogen and oxygen atoms in total. The lowest BCUT2D eigenvalue weighted by Gasteiger charge is -2.37. The van der Waals surface area contributed by atoms with Crippen molar-refractivity contribution in [1.82, 2.24) is 14.8 Å². The van der Waals surface area contributed by atoms with Crippen molar-refractivity contribution in [2.45, 2.75) is 0 Å². The summed E-state index contributed by atoms with van der Waals surface area (Å²) in [7, 11) is 1.74. The van der Waals surface area contributed by atoms with Crippen LogP contribution in [0.1, 0.15) is 4.88 Å². The first kappa shape index (κ1) is 18.8. The van der Waals surface area contributed by atoms with E-state index in [9.17, 15) is 0 Å². The Kier molecular flexibility index (Phi) is 5.83. The Labute approximate surface area is 170 Å². The number of hydrogen-bond acceptors (Lipinski definition) is 7. The Morgan fingerprint density at radius 1 is 1.14 bits per heavy atom. The lowest BCUT2D eigenvalue weighted by molar-refractivity contribution is 0.116. The lowest BCUT2D eigenvalue weighted by Crippen LogP contribution is -2.49. The van der Waals surface area contributed by atoms with Gasteiger partial charge in [0.15, 0.2) is 5.84 Å². The minimum absolute atomic E-state index is 0.811. The summed E-state index contributed by atoms with van der Waals surface area (Å²) in [6.07, 6.45) is 1.94. The highest BCUT2D eigenvalue weighted by molar-refractivity contribution is 7.12. The molecular weight excluding hydrogens is 370 g/mol. The second-order valence-corrected chi connectivity index (χ2v) is 7.93. The summed E-state index contributed by atoms with van der Waals surface area (Å²) in [4.78, 5) is 8.37. The molecule has 1 aromatic heterocycles. The second kappa shape index (κ2) is 8.67. The van der Waals surface area contributed by atoms with Crippen LogP contribution in [0.25, 0.3) is 0 Å². The number of thiophene rings is 1. The normalized spacial score (nSPS) is 17.8. The molecular formula is C21H27N5OS. The molecule has 0 unspecified atom stereocenters. The van der Waals surface area contributed by atoms with Gasteiger partial charge in [-0.15, -0.1) is 17.9 Å². The number of hydrogen-bond donors (Lipinski definition) is 0. The van der Waals surface area contributed by atoms with Crippen LogP contribution in [0.5, 0.6) is 5.75 Å². The topological polar surface area (TPSA) is 34.5 Å². The SMILES string of the molecule is C=CCN1CN(CN2CCN(c3ccccc3OC)CC2)N=C1c1cccs1. The molecule has 0 amide bonds. The molecule has 0 atom stereocenters. The molecule has 3 heterocycles. The Morgan fingerprint density at radius 3 is 2.68 bits per heavy atom. The van der Waals surface area contributed by atoms with Gasteiger partial charge in [0.05, 0.1) is 24.3 Å². The predicted molar refractivity (Wildman–Crippen MR) is 116 cm³/mol. The van der Waals surface area contributed by atoms with Crippen molar-refractivity contribution >= 4 is 22.9 Å². The number of amidine groups is 1. The zero-order chi connectivity index (χ0) is 19.3. The monoisotopic (exact) mass is 397 g/mol. The predicted octanol–water partition coefficient (Wildman–Crippen LogP) is 2.96. The fraction of sp³-hybridized carbons (Fsp3) is 0.381. The van der Waals surface area contributed by atoms with Crippen LogP contribution < -0.4 is 9.64 Å². The third kappa shape index (κ3) is 4.00. The van der Waals surface area contributed by atoms with Gasteiger partial charge in [-0.3, -0.25) is 9.91 Å². The second-order valence-electron chi connectivity index (χ2n) is 6.98. The molecule has 0 saturated carbocycles. The first-order valence-corrected chi connectivity index (χ1v) is 10.5. The highest BCUT2D eigenvalue weighted by atomic mass is 32.1. The van der Waals surface area contributed by atoms with Crippen molar-refractivity contribution < 1.29 is 4.74 Å². The fourth-order valence-electron chi connectivity index (χ4n) is 3.73. The summed E-state index contributed by atoms with van der Waals surface area (Å²) in [6, 6.07) is 12.5. The van der Waals surface area contributed by atoms with Crippen LogP contribution in [0.3, 0.4) is 0 Å². The van der Waals surface area contributed by atoms with Crippen LogP contribution in [-0.2, 0) is 0 Å². The summed E-state index contributed by atoms with van der Waals surface area (Å²) < 4.78 is 5.52. The van der Waals surface area contributed by atoms with Crippen molar-refractivity contribution in [2.24, 2.45) is 5.10 Å². The third-order valence-corrected chi connectivity index (χ3v) is 5.99. The Bertz CT molecular complexity index is 814. The summed E-state index contributed by atoms with van der Waals surface area (Å²) >= 11 is 1.73. The van der Waals surface area contributed by atoms with Crippen molar-refractivity contribution in [1.29, 1.82) is 0 Å². The number of rotatable bonds is 7. The van der Waals surface area contributed by atoms with Crippen molar-refractivity contribution in [3.05, 3.63) is 59.3 Å². The van der Waals surface area contributed by atoms with E-state index in [4.69, 9.17) is 9.84 Å². The molecule has 1 aromatic carbocycles. The summed E-state index contributed by atoms with van der Waals surface area (Å²) in [5.41, 5.74) is 1.18. The van der Waals surface area contributed by atoms with Gasteiger partial charge in [-0.25, -0.2) is 0 Å². The highest BCUT2D eigenvalue weighted by Gasteiger charge is 2.27. The van der Waals surface area contributed by atoms with Gasteiger partial charge >= 0.3 is 0 Å². The van der Waals surface area contributed by atoms with Crippen LogP contribution in [-0.4, -0.2) is 73.8 Å².